The first-order valence-electron chi connectivity index (χ1n) is 5.32. The first-order valence-corrected chi connectivity index (χ1v) is 5.32. The number of hydrazone groups is 1. The van der Waals surface area contributed by atoms with E-state index in [4.69, 9.17) is 0 Å². The molecule has 86 valence electrons. The van der Waals surface area contributed by atoms with Gasteiger partial charge in [0.1, 0.15) is 0 Å². The van der Waals surface area contributed by atoms with Crippen LogP contribution in [-0.4, -0.2) is 18.9 Å². The summed E-state index contributed by atoms with van der Waals surface area (Å²) >= 11 is 0. The fraction of sp³-hybridized carbons (Fsp3) is 0.818. The van der Waals surface area contributed by atoms with Crippen molar-refractivity contribution in [1.82, 2.24) is 5.43 Å². The highest BCUT2D eigenvalue weighted by molar-refractivity contribution is 5.86. The lowest BCUT2D eigenvalue weighted by Gasteiger charge is -2.34. The van der Waals surface area contributed by atoms with Gasteiger partial charge in [-0.15, -0.1) is 0 Å². The van der Waals surface area contributed by atoms with Gasteiger partial charge in [-0.05, 0) is 30.6 Å². The molecule has 1 rings (SSSR count). The lowest BCUT2D eigenvalue weighted by atomic mass is 9.72. The smallest absolute Gasteiger partial charge is 0.427 e. The molecule has 15 heavy (non-hydrogen) atoms. The Balaban J connectivity index is 2.58. The fourth-order valence-electron chi connectivity index (χ4n) is 2.37. The summed E-state index contributed by atoms with van der Waals surface area (Å²) in [6, 6.07) is 0. The summed E-state index contributed by atoms with van der Waals surface area (Å²) in [5.41, 5.74) is 3.73. The average molecular weight is 212 g/mol. The lowest BCUT2D eigenvalue weighted by molar-refractivity contribution is 0.171. The minimum absolute atomic E-state index is 0.286. The third kappa shape index (κ3) is 3.90. The van der Waals surface area contributed by atoms with Gasteiger partial charge in [0, 0.05) is 5.71 Å². The second-order valence-corrected chi connectivity index (χ2v) is 5.14. The number of methoxy groups -OCH3 is 1. The van der Waals surface area contributed by atoms with E-state index in [1.54, 1.807) is 0 Å². The average Bonchev–Trinajstić information content (AvgIpc) is 2.11. The molecular weight excluding hydrogens is 192 g/mol. The third-order valence-electron chi connectivity index (χ3n) is 2.66. The zero-order chi connectivity index (χ0) is 11.5. The van der Waals surface area contributed by atoms with Crippen LogP contribution in [0.15, 0.2) is 5.10 Å². The molecule has 1 amide bonds. The molecule has 1 atom stereocenters. The number of hydrogen-bond acceptors (Lipinski definition) is 3. The van der Waals surface area contributed by atoms with Crippen LogP contribution in [0.1, 0.15) is 40.0 Å². The lowest BCUT2D eigenvalue weighted by Crippen LogP contribution is -2.30. The molecule has 0 aromatic rings. The molecule has 1 N–H and O–H groups in total. The largest absolute Gasteiger partial charge is 0.452 e. The highest BCUT2D eigenvalue weighted by Gasteiger charge is 2.29. The van der Waals surface area contributed by atoms with Crippen molar-refractivity contribution in [1.29, 1.82) is 0 Å². The number of nitrogens with one attached hydrogen (secondary N) is 1. The Bertz CT molecular complexity index is 272. The third-order valence-corrected chi connectivity index (χ3v) is 2.66. The van der Waals surface area contributed by atoms with E-state index in [0.717, 1.165) is 18.6 Å². The topological polar surface area (TPSA) is 50.7 Å². The molecule has 0 aliphatic heterocycles. The summed E-state index contributed by atoms with van der Waals surface area (Å²) in [7, 11) is 1.34. The van der Waals surface area contributed by atoms with Crippen molar-refractivity contribution in [3.05, 3.63) is 0 Å². The van der Waals surface area contributed by atoms with Gasteiger partial charge in [0.15, 0.2) is 0 Å². The minimum atomic E-state index is -0.501. The van der Waals surface area contributed by atoms with Crippen LogP contribution in [0.4, 0.5) is 4.79 Å². The molecule has 0 heterocycles. The van der Waals surface area contributed by atoms with Gasteiger partial charge >= 0.3 is 6.09 Å². The van der Waals surface area contributed by atoms with Gasteiger partial charge < -0.3 is 4.74 Å². The fourth-order valence-corrected chi connectivity index (χ4v) is 2.37. The van der Waals surface area contributed by atoms with E-state index >= 15 is 0 Å². The monoisotopic (exact) mass is 212 g/mol. The molecule has 4 heteroatoms. The SMILES string of the molecule is COC(=O)NN=C1CC(C)CC(C)(C)C1. The Kier molecular flexibility index (Phi) is 3.72. The van der Waals surface area contributed by atoms with Gasteiger partial charge in [-0.25, -0.2) is 10.2 Å². The van der Waals surface area contributed by atoms with Crippen LogP contribution in [0.2, 0.25) is 0 Å². The van der Waals surface area contributed by atoms with E-state index in [1.165, 1.54) is 13.5 Å². The van der Waals surface area contributed by atoms with Crippen LogP contribution in [0.3, 0.4) is 0 Å². The van der Waals surface area contributed by atoms with Crippen LogP contribution >= 0.6 is 0 Å². The Morgan fingerprint density at radius 2 is 2.27 bits per heavy atom. The number of amides is 1. The standard InChI is InChI=1S/C11H20N2O2/c1-8-5-9(7-11(2,3)6-8)12-13-10(14)15-4/h8H,5-7H2,1-4H3,(H,13,14). The van der Waals surface area contributed by atoms with Gasteiger partial charge in [-0.1, -0.05) is 20.8 Å². The van der Waals surface area contributed by atoms with Crippen molar-refractivity contribution in [2.24, 2.45) is 16.4 Å². The maximum atomic E-state index is 10.9. The quantitative estimate of drug-likeness (QED) is 0.679. The van der Waals surface area contributed by atoms with E-state index in [1.807, 2.05) is 0 Å². The van der Waals surface area contributed by atoms with E-state index in [9.17, 15) is 4.79 Å². The summed E-state index contributed by atoms with van der Waals surface area (Å²) in [6.45, 7) is 6.68. The number of nitrogens with zero attached hydrogens (tertiary/aromatic N) is 1. The van der Waals surface area contributed by atoms with Gasteiger partial charge in [-0.2, -0.15) is 5.10 Å². The molecule has 0 bridgehead atoms. The molecule has 1 aliphatic carbocycles. The van der Waals surface area contributed by atoms with Crippen LogP contribution in [0, 0.1) is 11.3 Å². The van der Waals surface area contributed by atoms with Crippen molar-refractivity contribution in [2.75, 3.05) is 7.11 Å². The van der Waals surface area contributed by atoms with Crippen LogP contribution < -0.4 is 5.43 Å². The molecule has 1 unspecified atom stereocenters. The minimum Gasteiger partial charge on any atom is -0.452 e. The Labute approximate surface area is 91.1 Å². The molecule has 0 aromatic carbocycles. The van der Waals surface area contributed by atoms with Gasteiger partial charge in [0.2, 0.25) is 0 Å². The van der Waals surface area contributed by atoms with E-state index in [-0.39, 0.29) is 5.41 Å². The zero-order valence-electron chi connectivity index (χ0n) is 9.96. The first-order chi connectivity index (χ1) is 6.93. The molecule has 1 saturated carbocycles. The number of carbonyl (C=O) groups is 1. The summed E-state index contributed by atoms with van der Waals surface area (Å²) in [5, 5.41) is 4.09. The summed E-state index contributed by atoms with van der Waals surface area (Å²) in [4.78, 5) is 10.9. The van der Waals surface area contributed by atoms with Crippen molar-refractivity contribution >= 4 is 11.8 Å². The number of hydrogen-bond donors (Lipinski definition) is 1. The van der Waals surface area contributed by atoms with Crippen molar-refractivity contribution < 1.29 is 9.53 Å². The zero-order valence-corrected chi connectivity index (χ0v) is 9.96. The molecule has 1 aliphatic rings. The Morgan fingerprint density at radius 1 is 1.60 bits per heavy atom. The van der Waals surface area contributed by atoms with Gasteiger partial charge in [0.05, 0.1) is 7.11 Å². The predicted octanol–water partition coefficient (Wildman–Crippen LogP) is 2.54. The maximum Gasteiger partial charge on any atom is 0.427 e. The highest BCUT2D eigenvalue weighted by atomic mass is 16.5. The molecule has 4 nitrogen and oxygen atoms in total. The van der Waals surface area contributed by atoms with Gasteiger partial charge in [-0.3, -0.25) is 0 Å². The molecule has 0 radical (unpaired) electrons. The van der Waals surface area contributed by atoms with Gasteiger partial charge in [0.25, 0.3) is 0 Å². The second-order valence-electron chi connectivity index (χ2n) is 5.14. The van der Waals surface area contributed by atoms with E-state index < -0.39 is 6.09 Å². The highest BCUT2D eigenvalue weighted by Crippen LogP contribution is 2.36. The number of ether oxygens (including phenoxy) is 1. The number of rotatable bonds is 1. The summed E-state index contributed by atoms with van der Waals surface area (Å²) < 4.78 is 4.46. The Morgan fingerprint density at radius 3 is 2.80 bits per heavy atom. The maximum absolute atomic E-state index is 10.9. The van der Waals surface area contributed by atoms with Crippen molar-refractivity contribution in [3.8, 4) is 0 Å². The number of carbonyl (C=O) groups excluding carboxylic acids is 1. The molecule has 0 saturated heterocycles. The molecule has 0 spiro atoms. The second kappa shape index (κ2) is 4.64. The van der Waals surface area contributed by atoms with E-state index in [2.05, 4.69) is 36.0 Å². The van der Waals surface area contributed by atoms with E-state index in [0.29, 0.717) is 5.92 Å². The van der Waals surface area contributed by atoms with Crippen molar-refractivity contribution in [3.63, 3.8) is 0 Å². The molecule has 0 aromatic heterocycles. The Hall–Kier alpha value is -1.06. The van der Waals surface area contributed by atoms with Crippen LogP contribution in [-0.2, 0) is 4.74 Å². The van der Waals surface area contributed by atoms with Crippen molar-refractivity contribution in [2.45, 2.75) is 40.0 Å². The first kappa shape index (κ1) is 12.0. The molecule has 1 fully saturated rings. The predicted molar refractivity (Wildman–Crippen MR) is 59.8 cm³/mol. The summed E-state index contributed by atoms with van der Waals surface area (Å²) in [6.07, 6.45) is 2.62. The molecular formula is C11H20N2O2. The summed E-state index contributed by atoms with van der Waals surface area (Å²) in [5.74, 6) is 0.631. The normalized spacial score (nSPS) is 27.5. The van der Waals surface area contributed by atoms with Crippen LogP contribution in [0.25, 0.3) is 0 Å². The van der Waals surface area contributed by atoms with Crippen LogP contribution in [0.5, 0.6) is 0 Å².